The first-order valence-electron chi connectivity index (χ1n) is 13.8. The zero-order chi connectivity index (χ0) is 24.8. The van der Waals surface area contributed by atoms with Crippen molar-refractivity contribution in [1.82, 2.24) is 10.0 Å². The normalized spacial score (nSPS) is 28.6. The standard InChI is InChI=1S/C30H50N2O2/c1-27(2)19-25(33-23-15-11-9-12-16-23)20-28(3,4)31(27)32-29(5,6)21-26(22-30(32,7)8)34-24-17-13-10-14-18-24/h9,11-12,15-16,24-26H,10,13-14,17-22H2,1-8H3. The second-order valence-electron chi connectivity index (χ2n) is 13.8. The molecule has 1 aliphatic carbocycles. The summed E-state index contributed by atoms with van der Waals surface area (Å²) in [7, 11) is 0. The van der Waals surface area contributed by atoms with E-state index in [0.29, 0.717) is 12.2 Å². The molecule has 2 heterocycles. The summed E-state index contributed by atoms with van der Waals surface area (Å²) in [6.45, 7) is 19.4. The summed E-state index contributed by atoms with van der Waals surface area (Å²) < 4.78 is 13.3. The molecular weight excluding hydrogens is 420 g/mol. The Kier molecular flexibility index (Phi) is 7.19. The van der Waals surface area contributed by atoms with Gasteiger partial charge in [-0.15, -0.1) is 0 Å². The summed E-state index contributed by atoms with van der Waals surface area (Å²) in [5.41, 5.74) is -0.00883. The molecule has 192 valence electrons. The first-order valence-corrected chi connectivity index (χ1v) is 13.8. The SMILES string of the molecule is CC1(C)CC(Oc2ccccc2)CC(C)(C)N1N1C(C)(C)CC(OC2CCCCC2)CC1(C)C. The molecule has 0 atom stereocenters. The Hall–Kier alpha value is -1.10. The van der Waals surface area contributed by atoms with Gasteiger partial charge in [0, 0.05) is 35.0 Å². The lowest BCUT2D eigenvalue weighted by Gasteiger charge is -2.68. The van der Waals surface area contributed by atoms with Gasteiger partial charge in [0.05, 0.1) is 12.2 Å². The van der Waals surface area contributed by atoms with Crippen molar-refractivity contribution in [3.63, 3.8) is 0 Å². The third kappa shape index (κ3) is 5.50. The fourth-order valence-electron chi connectivity index (χ4n) is 7.78. The van der Waals surface area contributed by atoms with Crippen LogP contribution in [0.5, 0.6) is 5.75 Å². The molecule has 2 saturated heterocycles. The molecule has 3 fully saturated rings. The van der Waals surface area contributed by atoms with Gasteiger partial charge in [0.1, 0.15) is 11.9 Å². The predicted molar refractivity (Wildman–Crippen MR) is 141 cm³/mol. The molecule has 34 heavy (non-hydrogen) atoms. The number of nitrogens with zero attached hydrogens (tertiary/aromatic N) is 2. The molecule has 0 amide bonds. The minimum Gasteiger partial charge on any atom is -0.490 e. The number of ether oxygens (including phenoxy) is 2. The van der Waals surface area contributed by atoms with Crippen LogP contribution in [0.1, 0.15) is 113 Å². The van der Waals surface area contributed by atoms with Crippen molar-refractivity contribution in [3.05, 3.63) is 30.3 Å². The van der Waals surface area contributed by atoms with Crippen molar-refractivity contribution in [3.8, 4) is 5.75 Å². The van der Waals surface area contributed by atoms with Crippen molar-refractivity contribution < 1.29 is 9.47 Å². The number of para-hydroxylation sites is 1. The van der Waals surface area contributed by atoms with E-state index in [9.17, 15) is 0 Å². The highest BCUT2D eigenvalue weighted by molar-refractivity contribution is 5.22. The molecule has 0 radical (unpaired) electrons. The number of benzene rings is 1. The van der Waals surface area contributed by atoms with Gasteiger partial charge in [-0.05, 0) is 93.2 Å². The fourth-order valence-corrected chi connectivity index (χ4v) is 7.78. The third-order valence-electron chi connectivity index (χ3n) is 8.39. The first kappa shape index (κ1) is 26.0. The third-order valence-corrected chi connectivity index (χ3v) is 8.39. The number of piperidine rings is 2. The lowest BCUT2D eigenvalue weighted by Crippen LogP contribution is -2.77. The maximum Gasteiger partial charge on any atom is 0.119 e. The van der Waals surface area contributed by atoms with Crippen LogP contribution < -0.4 is 4.74 Å². The van der Waals surface area contributed by atoms with E-state index in [1.807, 2.05) is 0 Å². The van der Waals surface area contributed by atoms with Gasteiger partial charge >= 0.3 is 0 Å². The Morgan fingerprint density at radius 3 is 1.50 bits per heavy atom. The summed E-state index contributed by atoms with van der Waals surface area (Å²) in [6.07, 6.45) is 11.7. The van der Waals surface area contributed by atoms with Crippen LogP contribution in [-0.2, 0) is 4.74 Å². The molecule has 0 bridgehead atoms. The largest absolute Gasteiger partial charge is 0.490 e. The zero-order valence-electron chi connectivity index (χ0n) is 23.2. The van der Waals surface area contributed by atoms with Crippen molar-refractivity contribution >= 4 is 0 Å². The number of hydrogen-bond donors (Lipinski definition) is 0. The molecule has 2 aliphatic heterocycles. The van der Waals surface area contributed by atoms with E-state index in [-0.39, 0.29) is 28.3 Å². The number of hydrazine groups is 1. The molecule has 4 rings (SSSR count). The van der Waals surface area contributed by atoms with Gasteiger partial charge in [-0.25, -0.2) is 10.0 Å². The molecule has 0 spiro atoms. The van der Waals surface area contributed by atoms with Gasteiger partial charge in [0.15, 0.2) is 0 Å². The van der Waals surface area contributed by atoms with E-state index in [4.69, 9.17) is 9.47 Å². The Bertz CT molecular complexity index is 774. The molecule has 0 N–H and O–H groups in total. The summed E-state index contributed by atoms with van der Waals surface area (Å²) in [6, 6.07) is 10.3. The van der Waals surface area contributed by atoms with Crippen LogP contribution in [0.3, 0.4) is 0 Å². The van der Waals surface area contributed by atoms with Crippen LogP contribution in [0.2, 0.25) is 0 Å². The van der Waals surface area contributed by atoms with Crippen LogP contribution in [0.25, 0.3) is 0 Å². The smallest absolute Gasteiger partial charge is 0.119 e. The van der Waals surface area contributed by atoms with E-state index in [1.54, 1.807) is 0 Å². The molecule has 4 heteroatoms. The van der Waals surface area contributed by atoms with Gasteiger partial charge in [-0.3, -0.25) is 0 Å². The summed E-state index contributed by atoms with van der Waals surface area (Å²) in [5, 5.41) is 5.49. The highest BCUT2D eigenvalue weighted by Crippen LogP contribution is 2.50. The highest BCUT2D eigenvalue weighted by atomic mass is 16.5. The molecule has 1 aromatic carbocycles. The van der Waals surface area contributed by atoms with Crippen molar-refractivity contribution in [1.29, 1.82) is 0 Å². The first-order chi connectivity index (χ1) is 15.8. The molecule has 0 aromatic heterocycles. The Balaban J connectivity index is 1.54. The Morgan fingerprint density at radius 2 is 1.03 bits per heavy atom. The van der Waals surface area contributed by atoms with Crippen LogP contribution >= 0.6 is 0 Å². The van der Waals surface area contributed by atoms with Crippen molar-refractivity contribution in [2.75, 3.05) is 0 Å². The van der Waals surface area contributed by atoms with Gasteiger partial charge in [0.25, 0.3) is 0 Å². The second kappa shape index (κ2) is 9.41. The number of rotatable bonds is 5. The van der Waals surface area contributed by atoms with Crippen LogP contribution in [0, 0.1) is 0 Å². The quantitative estimate of drug-likeness (QED) is 0.448. The minimum atomic E-state index is -0.0210. The number of hydrogen-bond acceptors (Lipinski definition) is 4. The Morgan fingerprint density at radius 1 is 0.588 bits per heavy atom. The highest BCUT2D eigenvalue weighted by Gasteiger charge is 2.57. The molecule has 0 unspecified atom stereocenters. The van der Waals surface area contributed by atoms with Gasteiger partial charge in [0.2, 0.25) is 0 Å². The van der Waals surface area contributed by atoms with Gasteiger partial charge in [-0.1, -0.05) is 37.5 Å². The summed E-state index contributed by atoms with van der Waals surface area (Å²) >= 11 is 0. The van der Waals surface area contributed by atoms with Gasteiger partial charge < -0.3 is 9.47 Å². The lowest BCUT2D eigenvalue weighted by molar-refractivity contribution is -0.294. The Labute approximate surface area is 209 Å². The molecule has 4 nitrogen and oxygen atoms in total. The maximum atomic E-state index is 6.76. The topological polar surface area (TPSA) is 24.9 Å². The fraction of sp³-hybridized carbons (Fsp3) is 0.800. The monoisotopic (exact) mass is 470 g/mol. The minimum absolute atomic E-state index is 0.0166. The second-order valence-corrected chi connectivity index (χ2v) is 13.8. The van der Waals surface area contributed by atoms with E-state index >= 15 is 0 Å². The molecule has 1 saturated carbocycles. The molecule has 1 aromatic rings. The zero-order valence-corrected chi connectivity index (χ0v) is 23.2. The van der Waals surface area contributed by atoms with E-state index < -0.39 is 0 Å². The van der Waals surface area contributed by atoms with Crippen LogP contribution in [0.4, 0.5) is 0 Å². The van der Waals surface area contributed by atoms with E-state index in [2.05, 4.69) is 95.7 Å². The maximum absolute atomic E-state index is 6.76. The predicted octanol–water partition coefficient (Wildman–Crippen LogP) is 7.37. The average Bonchev–Trinajstić information content (AvgIpc) is 2.69. The van der Waals surface area contributed by atoms with E-state index in [1.165, 1.54) is 32.1 Å². The summed E-state index contributed by atoms with van der Waals surface area (Å²) in [4.78, 5) is 0. The lowest BCUT2D eigenvalue weighted by atomic mass is 9.75. The van der Waals surface area contributed by atoms with Crippen LogP contribution in [0.15, 0.2) is 30.3 Å². The van der Waals surface area contributed by atoms with Crippen molar-refractivity contribution in [2.45, 2.75) is 154 Å². The van der Waals surface area contributed by atoms with E-state index in [0.717, 1.165) is 31.4 Å². The van der Waals surface area contributed by atoms with Gasteiger partial charge in [-0.2, -0.15) is 0 Å². The average molecular weight is 471 g/mol. The molecular formula is C30H50N2O2. The summed E-state index contributed by atoms with van der Waals surface area (Å²) in [5.74, 6) is 0.980. The van der Waals surface area contributed by atoms with Crippen LogP contribution in [-0.4, -0.2) is 50.5 Å². The van der Waals surface area contributed by atoms with Crippen molar-refractivity contribution in [2.24, 2.45) is 0 Å². The molecule has 3 aliphatic rings.